The van der Waals surface area contributed by atoms with Gasteiger partial charge in [-0.2, -0.15) is 0 Å². The molecule has 1 atom stereocenters. The fourth-order valence-corrected chi connectivity index (χ4v) is 3.10. The summed E-state index contributed by atoms with van der Waals surface area (Å²) < 4.78 is 27.5. The number of hydrogen-bond acceptors (Lipinski definition) is 3. The van der Waals surface area contributed by atoms with Gasteiger partial charge in [-0.15, -0.1) is 0 Å². The number of hydrogen-bond donors (Lipinski definition) is 2. The van der Waals surface area contributed by atoms with Crippen molar-refractivity contribution in [3.05, 3.63) is 29.3 Å². The fraction of sp³-hybridized carbons (Fsp3) is 0.600. The summed E-state index contributed by atoms with van der Waals surface area (Å²) in [7, 11) is -3.48. The average Bonchev–Trinajstić information content (AvgIpc) is 2.35. The molecule has 0 heterocycles. The van der Waals surface area contributed by atoms with Gasteiger partial charge in [0.15, 0.2) is 0 Å². The maximum absolute atomic E-state index is 12.4. The molecule has 0 amide bonds. The lowest BCUT2D eigenvalue weighted by atomic mass is 9.82. The second kappa shape index (κ2) is 6.24. The highest BCUT2D eigenvalue weighted by molar-refractivity contribution is 7.89. The summed E-state index contributed by atoms with van der Waals surface area (Å²) in [5.74, 6) is 0.246. The Morgan fingerprint density at radius 2 is 1.90 bits per heavy atom. The minimum atomic E-state index is -3.48. The third-order valence-electron chi connectivity index (χ3n) is 3.84. The van der Waals surface area contributed by atoms with Crippen LogP contribution in [-0.2, 0) is 16.6 Å². The summed E-state index contributed by atoms with van der Waals surface area (Å²) in [5, 5.41) is 0. The van der Waals surface area contributed by atoms with E-state index in [1.807, 2.05) is 13.0 Å². The summed E-state index contributed by atoms with van der Waals surface area (Å²) in [6, 6.07) is 5.30. The van der Waals surface area contributed by atoms with Crippen LogP contribution in [0.5, 0.6) is 0 Å². The first-order valence-corrected chi connectivity index (χ1v) is 8.35. The highest BCUT2D eigenvalue weighted by Crippen LogP contribution is 2.25. The Hall–Kier alpha value is -0.910. The van der Waals surface area contributed by atoms with E-state index in [1.165, 1.54) is 0 Å². The van der Waals surface area contributed by atoms with Crippen LogP contribution >= 0.6 is 0 Å². The van der Waals surface area contributed by atoms with Gasteiger partial charge in [0.25, 0.3) is 0 Å². The van der Waals surface area contributed by atoms with Gasteiger partial charge in [0.2, 0.25) is 10.0 Å². The second-order valence-electron chi connectivity index (χ2n) is 6.42. The number of aryl methyl sites for hydroxylation is 1. The fourth-order valence-electron chi connectivity index (χ4n) is 1.68. The molecule has 0 spiro atoms. The zero-order valence-corrected chi connectivity index (χ0v) is 13.8. The molecule has 20 heavy (non-hydrogen) atoms. The molecule has 1 rings (SSSR count). The predicted octanol–water partition coefficient (Wildman–Crippen LogP) is 2.41. The van der Waals surface area contributed by atoms with Gasteiger partial charge in [0.1, 0.15) is 0 Å². The van der Waals surface area contributed by atoms with E-state index in [0.29, 0.717) is 18.0 Å². The number of nitrogens with two attached hydrogens (primary N) is 1. The van der Waals surface area contributed by atoms with Crippen molar-refractivity contribution in [2.24, 2.45) is 17.1 Å². The molecule has 1 aromatic carbocycles. The lowest BCUT2D eigenvalue weighted by Gasteiger charge is -2.27. The largest absolute Gasteiger partial charge is 0.326 e. The first kappa shape index (κ1) is 17.1. The molecule has 1 unspecified atom stereocenters. The molecule has 0 saturated carbocycles. The molecule has 114 valence electrons. The van der Waals surface area contributed by atoms with E-state index in [2.05, 4.69) is 25.5 Å². The predicted molar refractivity (Wildman–Crippen MR) is 82.9 cm³/mol. The number of rotatable bonds is 5. The Balaban J connectivity index is 2.95. The monoisotopic (exact) mass is 298 g/mol. The topological polar surface area (TPSA) is 72.2 Å². The van der Waals surface area contributed by atoms with E-state index in [1.54, 1.807) is 19.1 Å². The maximum Gasteiger partial charge on any atom is 0.240 e. The smallest absolute Gasteiger partial charge is 0.240 e. The summed E-state index contributed by atoms with van der Waals surface area (Å²) in [6.45, 7) is 10.9. The van der Waals surface area contributed by atoms with Crippen molar-refractivity contribution in [3.8, 4) is 0 Å². The third-order valence-corrected chi connectivity index (χ3v) is 5.40. The quantitative estimate of drug-likeness (QED) is 0.877. The van der Waals surface area contributed by atoms with Crippen molar-refractivity contribution < 1.29 is 8.42 Å². The number of sulfonamides is 1. The van der Waals surface area contributed by atoms with Gasteiger partial charge < -0.3 is 5.73 Å². The molecule has 0 radical (unpaired) electrons. The molecule has 0 aliphatic carbocycles. The summed E-state index contributed by atoms with van der Waals surface area (Å²) in [6.07, 6.45) is 0. The zero-order chi connectivity index (χ0) is 15.6. The molecule has 3 N–H and O–H groups in total. The van der Waals surface area contributed by atoms with Crippen molar-refractivity contribution in [2.45, 2.75) is 46.1 Å². The summed E-state index contributed by atoms with van der Waals surface area (Å²) in [5.41, 5.74) is 7.20. The Morgan fingerprint density at radius 1 is 1.30 bits per heavy atom. The van der Waals surface area contributed by atoms with Crippen molar-refractivity contribution >= 4 is 10.0 Å². The molecule has 0 aromatic heterocycles. The number of nitrogens with one attached hydrogen (secondary N) is 1. The van der Waals surface area contributed by atoms with Gasteiger partial charge in [-0.05, 0) is 35.4 Å². The van der Waals surface area contributed by atoms with Crippen LogP contribution in [-0.4, -0.2) is 15.0 Å². The molecular weight excluding hydrogens is 272 g/mol. The average molecular weight is 298 g/mol. The van der Waals surface area contributed by atoms with Gasteiger partial charge in [-0.1, -0.05) is 39.8 Å². The normalized spacial score (nSPS) is 14.3. The van der Waals surface area contributed by atoms with Gasteiger partial charge in [0.05, 0.1) is 4.90 Å². The van der Waals surface area contributed by atoms with Crippen LogP contribution < -0.4 is 10.5 Å². The molecule has 5 heteroatoms. The molecule has 0 bridgehead atoms. The van der Waals surface area contributed by atoms with E-state index < -0.39 is 10.0 Å². The van der Waals surface area contributed by atoms with Crippen LogP contribution in [0.3, 0.4) is 0 Å². The van der Waals surface area contributed by atoms with Crippen LogP contribution in [0, 0.1) is 18.3 Å². The maximum atomic E-state index is 12.4. The van der Waals surface area contributed by atoms with Gasteiger partial charge >= 0.3 is 0 Å². The Morgan fingerprint density at radius 3 is 2.40 bits per heavy atom. The molecule has 0 saturated heterocycles. The van der Waals surface area contributed by atoms with Crippen molar-refractivity contribution in [1.82, 2.24) is 4.72 Å². The SMILES string of the molecule is Cc1ccc(CN)cc1S(=O)(=O)NCC(C)C(C)(C)C. The molecule has 0 aliphatic heterocycles. The van der Waals surface area contributed by atoms with Crippen molar-refractivity contribution in [1.29, 1.82) is 0 Å². The highest BCUT2D eigenvalue weighted by Gasteiger charge is 2.23. The Bertz CT molecular complexity index is 560. The Labute approximate surface area is 122 Å². The van der Waals surface area contributed by atoms with E-state index in [0.717, 1.165) is 11.1 Å². The van der Waals surface area contributed by atoms with Crippen LogP contribution in [0.1, 0.15) is 38.8 Å². The van der Waals surface area contributed by atoms with Gasteiger partial charge in [-0.25, -0.2) is 13.1 Å². The lowest BCUT2D eigenvalue weighted by Crippen LogP contribution is -2.34. The molecule has 1 aromatic rings. The summed E-state index contributed by atoms with van der Waals surface area (Å²) in [4.78, 5) is 0.321. The molecule has 0 fully saturated rings. The third kappa shape index (κ3) is 4.30. The molecule has 4 nitrogen and oxygen atoms in total. The van der Waals surface area contributed by atoms with E-state index in [-0.39, 0.29) is 11.3 Å². The van der Waals surface area contributed by atoms with Crippen molar-refractivity contribution in [2.75, 3.05) is 6.54 Å². The first-order valence-electron chi connectivity index (χ1n) is 6.87. The molecular formula is C15H26N2O2S. The highest BCUT2D eigenvalue weighted by atomic mass is 32.2. The van der Waals surface area contributed by atoms with Crippen molar-refractivity contribution in [3.63, 3.8) is 0 Å². The second-order valence-corrected chi connectivity index (χ2v) is 8.16. The van der Waals surface area contributed by atoms with Crippen LogP contribution in [0.15, 0.2) is 23.1 Å². The van der Waals surface area contributed by atoms with Crippen LogP contribution in [0.25, 0.3) is 0 Å². The Kier molecular flexibility index (Phi) is 5.35. The van der Waals surface area contributed by atoms with E-state index in [4.69, 9.17) is 5.73 Å². The van der Waals surface area contributed by atoms with Gasteiger partial charge in [-0.3, -0.25) is 0 Å². The van der Waals surface area contributed by atoms with E-state index in [9.17, 15) is 8.42 Å². The first-order chi connectivity index (χ1) is 9.08. The van der Waals surface area contributed by atoms with E-state index >= 15 is 0 Å². The standard InChI is InChI=1S/C15H26N2O2S/c1-11-6-7-13(9-16)8-14(11)20(18,19)17-10-12(2)15(3,4)5/h6-8,12,17H,9-10,16H2,1-5H3. The summed E-state index contributed by atoms with van der Waals surface area (Å²) >= 11 is 0. The van der Waals surface area contributed by atoms with Crippen LogP contribution in [0.4, 0.5) is 0 Å². The number of benzene rings is 1. The minimum absolute atomic E-state index is 0.0661. The minimum Gasteiger partial charge on any atom is -0.326 e. The van der Waals surface area contributed by atoms with Crippen LogP contribution in [0.2, 0.25) is 0 Å². The molecule has 0 aliphatic rings. The zero-order valence-electron chi connectivity index (χ0n) is 13.0. The van der Waals surface area contributed by atoms with Gasteiger partial charge in [0, 0.05) is 13.1 Å². The lowest BCUT2D eigenvalue weighted by molar-refractivity contribution is 0.263.